The lowest BCUT2D eigenvalue weighted by atomic mass is 10.1. The maximum Gasteiger partial charge on any atom is 0.290 e. The molecule has 0 radical (unpaired) electrons. The summed E-state index contributed by atoms with van der Waals surface area (Å²) in [7, 11) is 0. The quantitative estimate of drug-likeness (QED) is 0.0761. The predicted octanol–water partition coefficient (Wildman–Crippen LogP) is 8.44. The van der Waals surface area contributed by atoms with E-state index in [0.29, 0.717) is 29.0 Å². The first-order valence-electron chi connectivity index (χ1n) is 11.8. The molecular weight excluding hydrogens is 541 g/mol. The number of phenols is 1. The standard InChI is InChI=1S/C29H25Cl2N3O3S/c1-20-3-2-4-26(17-20)38-29(32-24-11-14-27(31)28(18-24)34(36)37)33(19-22-7-12-25(35)13-8-22)16-15-21-5-9-23(30)10-6-21/h2-14,17-18,35H,15-16,19H2,1H3. The zero-order valence-corrected chi connectivity index (χ0v) is 22.9. The van der Waals surface area contributed by atoms with Crippen molar-refractivity contribution >= 4 is 51.5 Å². The molecule has 0 amide bonds. The third kappa shape index (κ3) is 7.74. The maximum absolute atomic E-state index is 11.5. The van der Waals surface area contributed by atoms with Crippen molar-refractivity contribution in [3.8, 4) is 5.75 Å². The van der Waals surface area contributed by atoms with Gasteiger partial charge in [-0.3, -0.25) is 10.1 Å². The van der Waals surface area contributed by atoms with Crippen LogP contribution in [0, 0.1) is 17.0 Å². The minimum atomic E-state index is -0.510. The van der Waals surface area contributed by atoms with E-state index in [0.717, 1.165) is 28.0 Å². The predicted molar refractivity (Wildman–Crippen MR) is 156 cm³/mol. The number of amidine groups is 1. The molecule has 194 valence electrons. The first-order valence-corrected chi connectivity index (χ1v) is 13.4. The lowest BCUT2D eigenvalue weighted by molar-refractivity contribution is -0.384. The van der Waals surface area contributed by atoms with Crippen LogP contribution in [0.1, 0.15) is 16.7 Å². The minimum Gasteiger partial charge on any atom is -0.508 e. The summed E-state index contributed by atoms with van der Waals surface area (Å²) in [5, 5.41) is 22.7. The third-order valence-electron chi connectivity index (χ3n) is 5.71. The summed E-state index contributed by atoms with van der Waals surface area (Å²) >= 11 is 13.6. The number of aromatic hydroxyl groups is 1. The first-order chi connectivity index (χ1) is 18.3. The number of nitro groups is 1. The van der Waals surface area contributed by atoms with Gasteiger partial charge >= 0.3 is 0 Å². The molecule has 0 unspecified atom stereocenters. The van der Waals surface area contributed by atoms with Crippen molar-refractivity contribution in [3.63, 3.8) is 0 Å². The van der Waals surface area contributed by atoms with Gasteiger partial charge in [0.05, 0.1) is 10.6 Å². The van der Waals surface area contributed by atoms with Crippen LogP contribution in [0.4, 0.5) is 11.4 Å². The summed E-state index contributed by atoms with van der Waals surface area (Å²) in [5.41, 5.74) is 3.45. The van der Waals surface area contributed by atoms with E-state index >= 15 is 0 Å². The van der Waals surface area contributed by atoms with Crippen molar-refractivity contribution in [1.29, 1.82) is 0 Å². The molecule has 4 aromatic rings. The van der Waals surface area contributed by atoms with Gasteiger partial charge in [-0.25, -0.2) is 4.99 Å². The number of nitro benzene ring substituents is 1. The monoisotopic (exact) mass is 565 g/mol. The van der Waals surface area contributed by atoms with Crippen LogP contribution in [-0.4, -0.2) is 26.6 Å². The smallest absolute Gasteiger partial charge is 0.290 e. The Morgan fingerprint density at radius 3 is 2.37 bits per heavy atom. The highest BCUT2D eigenvalue weighted by Crippen LogP contribution is 2.32. The van der Waals surface area contributed by atoms with Crippen LogP contribution in [0.15, 0.2) is 101 Å². The molecule has 0 spiro atoms. The lowest BCUT2D eigenvalue weighted by Crippen LogP contribution is -2.30. The fraction of sp³-hybridized carbons (Fsp3) is 0.138. The molecule has 0 aliphatic heterocycles. The fourth-order valence-electron chi connectivity index (χ4n) is 3.74. The summed E-state index contributed by atoms with van der Waals surface area (Å²) in [5.74, 6) is 0.193. The Bertz CT molecular complexity index is 1440. The molecule has 0 saturated carbocycles. The average Bonchev–Trinajstić information content (AvgIpc) is 2.89. The molecular formula is C29H25Cl2N3O3S. The number of thioether (sulfide) groups is 1. The zero-order valence-electron chi connectivity index (χ0n) is 20.6. The second kappa shape index (κ2) is 12.8. The third-order valence-corrected chi connectivity index (χ3v) is 7.31. The van der Waals surface area contributed by atoms with Crippen molar-refractivity contribution < 1.29 is 10.0 Å². The molecule has 4 rings (SSSR count). The molecule has 0 aromatic heterocycles. The number of halogens is 2. The van der Waals surface area contributed by atoms with Crippen molar-refractivity contribution in [3.05, 3.63) is 128 Å². The molecule has 0 atom stereocenters. The lowest BCUT2D eigenvalue weighted by Gasteiger charge is -2.26. The topological polar surface area (TPSA) is 79.0 Å². The van der Waals surface area contributed by atoms with Gasteiger partial charge in [-0.05, 0) is 73.0 Å². The van der Waals surface area contributed by atoms with E-state index in [9.17, 15) is 15.2 Å². The molecule has 9 heteroatoms. The van der Waals surface area contributed by atoms with Crippen LogP contribution in [0.2, 0.25) is 10.0 Å². The highest BCUT2D eigenvalue weighted by atomic mass is 35.5. The molecule has 38 heavy (non-hydrogen) atoms. The van der Waals surface area contributed by atoms with Crippen LogP contribution in [0.3, 0.4) is 0 Å². The Balaban J connectivity index is 1.75. The summed E-state index contributed by atoms with van der Waals surface area (Å²) in [6.07, 6.45) is 0.726. The number of nitrogens with zero attached hydrogens (tertiary/aromatic N) is 3. The number of rotatable bonds is 8. The largest absolute Gasteiger partial charge is 0.508 e. The molecule has 1 N–H and O–H groups in total. The second-order valence-electron chi connectivity index (χ2n) is 8.67. The summed E-state index contributed by atoms with van der Waals surface area (Å²) in [6.45, 7) is 3.16. The minimum absolute atomic E-state index is 0.0607. The SMILES string of the molecule is Cc1cccc(SC(=Nc2ccc(Cl)c([N+](=O)[O-])c2)N(CCc2ccc(Cl)cc2)Cc2ccc(O)cc2)c1. The number of aliphatic imine (C=N–C) groups is 1. The molecule has 0 heterocycles. The van der Waals surface area contributed by atoms with Crippen LogP contribution < -0.4 is 0 Å². The van der Waals surface area contributed by atoms with Crippen LogP contribution in [-0.2, 0) is 13.0 Å². The number of hydrogen-bond acceptors (Lipinski definition) is 5. The van der Waals surface area contributed by atoms with Gasteiger partial charge in [0, 0.05) is 29.1 Å². The van der Waals surface area contributed by atoms with E-state index in [4.69, 9.17) is 28.2 Å². The van der Waals surface area contributed by atoms with E-state index in [2.05, 4.69) is 11.0 Å². The van der Waals surface area contributed by atoms with Gasteiger partial charge in [0.1, 0.15) is 10.8 Å². The number of hydrogen-bond donors (Lipinski definition) is 1. The van der Waals surface area contributed by atoms with E-state index < -0.39 is 4.92 Å². The first kappa shape index (κ1) is 27.5. The Morgan fingerprint density at radius 1 is 0.974 bits per heavy atom. The van der Waals surface area contributed by atoms with Crippen LogP contribution in [0.25, 0.3) is 0 Å². The number of phenolic OH excluding ortho intramolecular Hbond substituents is 1. The fourth-order valence-corrected chi connectivity index (χ4v) is 5.09. The molecule has 0 bridgehead atoms. The molecule has 6 nitrogen and oxygen atoms in total. The Labute approximate surface area is 235 Å². The normalized spacial score (nSPS) is 11.4. The zero-order chi connectivity index (χ0) is 27.1. The molecule has 0 aliphatic rings. The molecule has 0 aliphatic carbocycles. The highest BCUT2D eigenvalue weighted by molar-refractivity contribution is 8.13. The summed E-state index contributed by atoms with van der Waals surface area (Å²) in [6, 6.07) is 27.4. The van der Waals surface area contributed by atoms with E-state index in [1.807, 2.05) is 61.5 Å². The van der Waals surface area contributed by atoms with Gasteiger partial charge in [0.25, 0.3) is 5.69 Å². The number of aryl methyl sites for hydroxylation is 1. The van der Waals surface area contributed by atoms with Gasteiger partial charge < -0.3 is 10.0 Å². The Hall–Kier alpha value is -3.52. The van der Waals surface area contributed by atoms with Crippen molar-refractivity contribution in [2.24, 2.45) is 4.99 Å². The van der Waals surface area contributed by atoms with Gasteiger partial charge in [-0.2, -0.15) is 0 Å². The Kier molecular flexibility index (Phi) is 9.29. The van der Waals surface area contributed by atoms with Gasteiger partial charge in [-0.1, -0.05) is 76.9 Å². The molecule has 0 saturated heterocycles. The van der Waals surface area contributed by atoms with Crippen LogP contribution >= 0.6 is 35.0 Å². The van der Waals surface area contributed by atoms with Gasteiger partial charge in [0.15, 0.2) is 5.17 Å². The van der Waals surface area contributed by atoms with E-state index in [-0.39, 0.29) is 16.5 Å². The van der Waals surface area contributed by atoms with Crippen molar-refractivity contribution in [2.45, 2.75) is 24.8 Å². The van der Waals surface area contributed by atoms with Crippen molar-refractivity contribution in [1.82, 2.24) is 4.90 Å². The molecule has 0 fully saturated rings. The van der Waals surface area contributed by atoms with Gasteiger partial charge in [0.2, 0.25) is 0 Å². The van der Waals surface area contributed by atoms with E-state index in [1.54, 1.807) is 18.2 Å². The Morgan fingerprint density at radius 2 is 1.68 bits per heavy atom. The average molecular weight is 567 g/mol. The molecule has 4 aromatic carbocycles. The highest BCUT2D eigenvalue weighted by Gasteiger charge is 2.18. The van der Waals surface area contributed by atoms with Crippen molar-refractivity contribution in [2.75, 3.05) is 6.54 Å². The number of benzene rings is 4. The summed E-state index contributed by atoms with van der Waals surface area (Å²) in [4.78, 5) is 19.0. The second-order valence-corrected chi connectivity index (χ2v) is 10.6. The summed E-state index contributed by atoms with van der Waals surface area (Å²) < 4.78 is 0. The maximum atomic E-state index is 11.5. The van der Waals surface area contributed by atoms with Gasteiger partial charge in [-0.15, -0.1) is 0 Å². The van der Waals surface area contributed by atoms with E-state index in [1.165, 1.54) is 23.9 Å². The van der Waals surface area contributed by atoms with Crippen LogP contribution in [0.5, 0.6) is 5.75 Å².